The Morgan fingerprint density at radius 1 is 0.517 bits per heavy atom. The van der Waals surface area contributed by atoms with Crippen molar-refractivity contribution in [2.24, 2.45) is 5.73 Å². The zero-order valence-corrected chi connectivity index (χ0v) is 20.6. The molecule has 0 atom stereocenters. The Morgan fingerprint density at radius 2 is 0.793 bits per heavy atom. The zero-order valence-electron chi connectivity index (χ0n) is 19.8. The van der Waals surface area contributed by atoms with Crippen molar-refractivity contribution in [3.05, 3.63) is 0 Å². The summed E-state index contributed by atoms with van der Waals surface area (Å²) >= 11 is 0. The molecule has 0 heterocycles. The molecule has 0 aliphatic carbocycles. The van der Waals surface area contributed by atoms with Crippen molar-refractivity contribution in [1.82, 2.24) is 0 Å². The van der Waals surface area contributed by atoms with Gasteiger partial charge in [-0.25, -0.2) is 0 Å². The molecule has 29 heavy (non-hydrogen) atoms. The topological polar surface area (TPSA) is 80.4 Å². The van der Waals surface area contributed by atoms with Crippen LogP contribution in [0.3, 0.4) is 0 Å². The summed E-state index contributed by atoms with van der Waals surface area (Å²) in [5, 5.41) is 0. The summed E-state index contributed by atoms with van der Waals surface area (Å²) in [7, 11) is -3.73. The van der Waals surface area contributed by atoms with Crippen molar-refractivity contribution >= 4 is 10.1 Å². The minimum atomic E-state index is -3.73. The van der Waals surface area contributed by atoms with Crippen LogP contribution in [-0.4, -0.2) is 25.3 Å². The molecule has 178 valence electrons. The predicted molar refractivity (Wildman–Crippen MR) is 129 cm³/mol. The molecule has 0 aliphatic rings. The first-order valence-corrected chi connectivity index (χ1v) is 14.2. The maximum atomic E-state index is 10.4. The second-order valence-electron chi connectivity index (χ2n) is 8.44. The molecule has 0 rings (SSSR count). The fraction of sp³-hybridized carbons (Fsp3) is 1.00. The Morgan fingerprint density at radius 3 is 1.07 bits per heavy atom. The van der Waals surface area contributed by atoms with Crippen molar-refractivity contribution in [3.63, 3.8) is 0 Å². The Balaban J connectivity index is 0. The minimum Gasteiger partial charge on any atom is -0.330 e. The number of hydrogen-bond donors (Lipinski definition) is 2. The second-order valence-corrected chi connectivity index (χ2v) is 10.0. The molecular formula is C24H53NO3S. The Hall–Kier alpha value is -0.130. The van der Waals surface area contributed by atoms with E-state index in [1.54, 1.807) is 0 Å². The molecule has 0 fully saturated rings. The van der Waals surface area contributed by atoms with Gasteiger partial charge in [0.25, 0.3) is 10.1 Å². The summed E-state index contributed by atoms with van der Waals surface area (Å²) in [6, 6.07) is 0. The third kappa shape index (κ3) is 35.7. The molecule has 0 spiro atoms. The van der Waals surface area contributed by atoms with E-state index in [4.69, 9.17) is 10.3 Å². The van der Waals surface area contributed by atoms with Crippen molar-refractivity contribution < 1.29 is 13.0 Å². The summed E-state index contributed by atoms with van der Waals surface area (Å²) in [6.45, 7) is 5.36. The van der Waals surface area contributed by atoms with E-state index in [0.29, 0.717) is 6.42 Å². The van der Waals surface area contributed by atoms with Crippen LogP contribution < -0.4 is 5.73 Å². The van der Waals surface area contributed by atoms with Gasteiger partial charge >= 0.3 is 0 Å². The highest BCUT2D eigenvalue weighted by Crippen LogP contribution is 2.11. The lowest BCUT2D eigenvalue weighted by Gasteiger charge is -2.01. The van der Waals surface area contributed by atoms with Crippen molar-refractivity contribution in [3.8, 4) is 0 Å². The SMILES string of the molecule is CCCCCCCCCCCCN.CCCCCCCCCCCCS(=O)(=O)O. The summed E-state index contributed by atoms with van der Waals surface area (Å²) < 4.78 is 29.4. The highest BCUT2D eigenvalue weighted by Gasteiger charge is 2.02. The third-order valence-corrected chi connectivity index (χ3v) is 6.12. The van der Waals surface area contributed by atoms with Gasteiger partial charge in [0.05, 0.1) is 5.75 Å². The van der Waals surface area contributed by atoms with Gasteiger partial charge in [-0.15, -0.1) is 0 Å². The van der Waals surface area contributed by atoms with E-state index in [9.17, 15) is 8.42 Å². The van der Waals surface area contributed by atoms with Crippen LogP contribution in [-0.2, 0) is 10.1 Å². The molecule has 0 aromatic carbocycles. The van der Waals surface area contributed by atoms with E-state index >= 15 is 0 Å². The average molecular weight is 436 g/mol. The number of rotatable bonds is 21. The van der Waals surface area contributed by atoms with Gasteiger partial charge in [-0.1, -0.05) is 129 Å². The van der Waals surface area contributed by atoms with E-state index < -0.39 is 10.1 Å². The van der Waals surface area contributed by atoms with Crippen molar-refractivity contribution in [1.29, 1.82) is 0 Å². The van der Waals surface area contributed by atoms with Gasteiger partial charge in [-0.2, -0.15) is 8.42 Å². The van der Waals surface area contributed by atoms with Gasteiger partial charge < -0.3 is 5.73 Å². The quantitative estimate of drug-likeness (QED) is 0.143. The lowest BCUT2D eigenvalue weighted by molar-refractivity contribution is 0.478. The first kappa shape index (κ1) is 31.1. The summed E-state index contributed by atoms with van der Waals surface area (Å²) in [4.78, 5) is 0. The van der Waals surface area contributed by atoms with E-state index in [1.165, 1.54) is 109 Å². The molecule has 0 saturated carbocycles. The van der Waals surface area contributed by atoms with Crippen LogP contribution in [0.2, 0.25) is 0 Å². The fourth-order valence-corrected chi connectivity index (χ4v) is 3.97. The van der Waals surface area contributed by atoms with E-state index in [-0.39, 0.29) is 5.75 Å². The number of hydrogen-bond acceptors (Lipinski definition) is 3. The smallest absolute Gasteiger partial charge is 0.264 e. The highest BCUT2D eigenvalue weighted by molar-refractivity contribution is 7.85. The van der Waals surface area contributed by atoms with Crippen molar-refractivity contribution in [2.45, 2.75) is 142 Å². The standard InChI is InChI=1S/C12H27N.C12H26O3S/c1-2-3-4-5-6-7-8-9-10-11-12-13;1-2-3-4-5-6-7-8-9-10-11-12-16(13,14)15/h2-13H2,1H3;2-12H2,1H3,(H,13,14,15). The van der Waals surface area contributed by atoms with Crippen LogP contribution >= 0.6 is 0 Å². The maximum Gasteiger partial charge on any atom is 0.264 e. The Bertz CT molecular complexity index is 376. The first-order valence-electron chi connectivity index (χ1n) is 12.6. The molecule has 0 amide bonds. The molecule has 0 saturated heterocycles. The van der Waals surface area contributed by atoms with Crippen LogP contribution in [0.1, 0.15) is 142 Å². The second kappa shape index (κ2) is 25.9. The van der Waals surface area contributed by atoms with Crippen LogP contribution in [0.15, 0.2) is 0 Å². The summed E-state index contributed by atoms with van der Waals surface area (Å²) in [6.07, 6.45) is 25.6. The van der Waals surface area contributed by atoms with E-state index in [1.807, 2.05) is 0 Å². The molecule has 4 nitrogen and oxygen atoms in total. The molecule has 0 bridgehead atoms. The average Bonchev–Trinajstić information content (AvgIpc) is 2.68. The monoisotopic (exact) mass is 435 g/mol. The van der Waals surface area contributed by atoms with Gasteiger partial charge in [-0.05, 0) is 19.4 Å². The highest BCUT2D eigenvalue weighted by atomic mass is 32.2. The maximum absolute atomic E-state index is 10.4. The number of unbranched alkanes of at least 4 members (excludes halogenated alkanes) is 18. The molecule has 3 N–H and O–H groups in total. The van der Waals surface area contributed by atoms with E-state index in [0.717, 1.165) is 19.4 Å². The predicted octanol–water partition coefficient (Wildman–Crippen LogP) is 7.66. The fourth-order valence-electron chi connectivity index (χ4n) is 3.40. The summed E-state index contributed by atoms with van der Waals surface area (Å²) in [5.74, 6) is -0.0799. The molecule has 0 aliphatic heterocycles. The van der Waals surface area contributed by atoms with Crippen LogP contribution in [0.4, 0.5) is 0 Å². The lowest BCUT2D eigenvalue weighted by Crippen LogP contribution is -2.03. The minimum absolute atomic E-state index is 0.0799. The molecule has 0 radical (unpaired) electrons. The van der Waals surface area contributed by atoms with Crippen LogP contribution in [0, 0.1) is 0 Å². The Kier molecular flexibility index (Phi) is 27.7. The van der Waals surface area contributed by atoms with Gasteiger partial charge in [-0.3, -0.25) is 4.55 Å². The zero-order chi connectivity index (χ0) is 22.1. The largest absolute Gasteiger partial charge is 0.330 e. The molecule has 0 unspecified atom stereocenters. The van der Waals surface area contributed by atoms with Gasteiger partial charge in [0.15, 0.2) is 0 Å². The van der Waals surface area contributed by atoms with Crippen LogP contribution in [0.25, 0.3) is 0 Å². The molecule has 0 aromatic rings. The third-order valence-electron chi connectivity index (χ3n) is 5.31. The Labute approximate surface area is 183 Å². The molecule has 0 aromatic heterocycles. The lowest BCUT2D eigenvalue weighted by atomic mass is 10.1. The van der Waals surface area contributed by atoms with Crippen molar-refractivity contribution in [2.75, 3.05) is 12.3 Å². The molecule has 5 heteroatoms. The first-order chi connectivity index (χ1) is 14.0. The van der Waals surface area contributed by atoms with E-state index in [2.05, 4.69) is 13.8 Å². The normalized spacial score (nSPS) is 11.3. The summed E-state index contributed by atoms with van der Waals surface area (Å²) in [5.41, 5.74) is 5.42. The van der Waals surface area contributed by atoms with Gasteiger partial charge in [0, 0.05) is 0 Å². The van der Waals surface area contributed by atoms with Gasteiger partial charge in [0.1, 0.15) is 0 Å². The van der Waals surface area contributed by atoms with Gasteiger partial charge in [0.2, 0.25) is 0 Å². The molecular weight excluding hydrogens is 382 g/mol. The van der Waals surface area contributed by atoms with Crippen LogP contribution in [0.5, 0.6) is 0 Å². The number of nitrogens with two attached hydrogens (primary N) is 1.